The molecule has 0 radical (unpaired) electrons. The number of nitrogens with zero attached hydrogens (tertiary/aromatic N) is 2. The Morgan fingerprint density at radius 3 is 2.37 bits per heavy atom. The minimum absolute atomic E-state index is 0.472. The number of hydrogen-bond donors (Lipinski definition) is 3. The number of rotatable bonds is 5. The van der Waals surface area contributed by atoms with Crippen LogP contribution in [0.1, 0.15) is 56.3 Å². The summed E-state index contributed by atoms with van der Waals surface area (Å²) in [5.74, 6) is 9.52. The molecular formula is C14H23N5. The van der Waals surface area contributed by atoms with E-state index in [1.54, 1.807) is 0 Å². The van der Waals surface area contributed by atoms with Crippen molar-refractivity contribution < 1.29 is 0 Å². The summed E-state index contributed by atoms with van der Waals surface area (Å²) in [5, 5.41) is 3.56. The molecule has 19 heavy (non-hydrogen) atoms. The predicted octanol–water partition coefficient (Wildman–Crippen LogP) is 2.55. The molecule has 0 aromatic carbocycles. The van der Waals surface area contributed by atoms with E-state index >= 15 is 0 Å². The lowest BCUT2D eigenvalue weighted by atomic mass is 9.80. The number of nitrogen functional groups attached to an aromatic ring is 1. The summed E-state index contributed by atoms with van der Waals surface area (Å²) in [7, 11) is 0. The van der Waals surface area contributed by atoms with E-state index in [4.69, 9.17) is 10.8 Å². The summed E-state index contributed by atoms with van der Waals surface area (Å²) in [6.07, 6.45) is 6.42. The fourth-order valence-electron chi connectivity index (χ4n) is 2.61. The van der Waals surface area contributed by atoms with E-state index in [0.29, 0.717) is 12.0 Å². The number of hydrogen-bond acceptors (Lipinski definition) is 5. The zero-order valence-electron chi connectivity index (χ0n) is 11.7. The van der Waals surface area contributed by atoms with Crippen molar-refractivity contribution in [2.24, 2.45) is 11.8 Å². The van der Waals surface area contributed by atoms with Gasteiger partial charge in [-0.25, -0.2) is 15.8 Å². The maximum absolute atomic E-state index is 5.57. The van der Waals surface area contributed by atoms with Crippen LogP contribution in [-0.4, -0.2) is 16.0 Å². The Hall–Kier alpha value is -1.36. The predicted molar refractivity (Wildman–Crippen MR) is 77.0 cm³/mol. The van der Waals surface area contributed by atoms with E-state index in [0.717, 1.165) is 28.9 Å². The quantitative estimate of drug-likeness (QED) is 0.561. The average Bonchev–Trinajstić information content (AvgIpc) is 3.13. The van der Waals surface area contributed by atoms with Crippen molar-refractivity contribution in [1.29, 1.82) is 0 Å². The normalized spacial score (nSPS) is 20.8. The minimum Gasteiger partial charge on any atom is -0.367 e. The van der Waals surface area contributed by atoms with Crippen molar-refractivity contribution in [2.45, 2.75) is 57.9 Å². The van der Waals surface area contributed by atoms with Crippen LogP contribution in [0.2, 0.25) is 0 Å². The first-order valence-electron chi connectivity index (χ1n) is 7.30. The SMILES string of the molecule is Cc1c(NN)nc(C2CC2)nc1NC(C)C1CCC1. The highest BCUT2D eigenvalue weighted by Gasteiger charge is 2.29. The lowest BCUT2D eigenvalue weighted by Gasteiger charge is -2.32. The first kappa shape index (κ1) is 12.7. The van der Waals surface area contributed by atoms with Gasteiger partial charge in [0.2, 0.25) is 0 Å². The first-order chi connectivity index (χ1) is 9.19. The van der Waals surface area contributed by atoms with Gasteiger partial charge in [-0.05, 0) is 45.4 Å². The van der Waals surface area contributed by atoms with Gasteiger partial charge in [0, 0.05) is 17.5 Å². The third-order valence-electron chi connectivity index (χ3n) is 4.46. The Morgan fingerprint density at radius 2 is 1.84 bits per heavy atom. The lowest BCUT2D eigenvalue weighted by molar-refractivity contribution is 0.285. The van der Waals surface area contributed by atoms with Crippen molar-refractivity contribution in [3.05, 3.63) is 11.4 Å². The van der Waals surface area contributed by atoms with E-state index in [9.17, 15) is 0 Å². The Kier molecular flexibility index (Phi) is 3.31. The van der Waals surface area contributed by atoms with E-state index < -0.39 is 0 Å². The van der Waals surface area contributed by atoms with Gasteiger partial charge in [-0.15, -0.1) is 0 Å². The Balaban J connectivity index is 1.83. The van der Waals surface area contributed by atoms with E-state index in [-0.39, 0.29) is 0 Å². The fourth-order valence-corrected chi connectivity index (χ4v) is 2.61. The zero-order chi connectivity index (χ0) is 13.4. The van der Waals surface area contributed by atoms with E-state index in [1.807, 2.05) is 6.92 Å². The van der Waals surface area contributed by atoms with Gasteiger partial charge in [-0.1, -0.05) is 6.42 Å². The minimum atomic E-state index is 0.472. The molecule has 4 N–H and O–H groups in total. The Bertz CT molecular complexity index is 465. The summed E-state index contributed by atoms with van der Waals surface area (Å²) in [4.78, 5) is 9.22. The first-order valence-corrected chi connectivity index (χ1v) is 7.30. The van der Waals surface area contributed by atoms with Crippen molar-refractivity contribution in [3.63, 3.8) is 0 Å². The summed E-state index contributed by atoms with van der Waals surface area (Å²) in [6.45, 7) is 4.26. The van der Waals surface area contributed by atoms with Crippen LogP contribution in [0.25, 0.3) is 0 Å². The molecule has 1 atom stereocenters. The number of nitrogens with two attached hydrogens (primary N) is 1. The highest BCUT2D eigenvalue weighted by atomic mass is 15.3. The molecule has 3 rings (SSSR count). The van der Waals surface area contributed by atoms with Gasteiger partial charge >= 0.3 is 0 Å². The molecule has 2 fully saturated rings. The van der Waals surface area contributed by atoms with Gasteiger partial charge in [-0.3, -0.25) is 0 Å². The standard InChI is InChI=1S/C14H23N5/c1-8-12(16-9(2)10-4-3-5-10)17-14(11-6-7-11)18-13(8)19-15/h9-11H,3-7,15H2,1-2H3,(H2,16,17,18,19). The highest BCUT2D eigenvalue weighted by Crippen LogP contribution is 2.40. The second kappa shape index (κ2) is 4.96. The molecule has 5 nitrogen and oxygen atoms in total. The van der Waals surface area contributed by atoms with Crippen LogP contribution in [-0.2, 0) is 0 Å². The topological polar surface area (TPSA) is 75.9 Å². The van der Waals surface area contributed by atoms with Gasteiger partial charge in [0.1, 0.15) is 17.5 Å². The van der Waals surface area contributed by atoms with Crippen LogP contribution in [0.4, 0.5) is 11.6 Å². The van der Waals surface area contributed by atoms with Crippen molar-refractivity contribution in [3.8, 4) is 0 Å². The molecule has 1 unspecified atom stereocenters. The number of aromatic nitrogens is 2. The van der Waals surface area contributed by atoms with Gasteiger partial charge in [0.25, 0.3) is 0 Å². The second-order valence-corrected chi connectivity index (χ2v) is 5.95. The van der Waals surface area contributed by atoms with Gasteiger partial charge in [0.15, 0.2) is 0 Å². The van der Waals surface area contributed by atoms with Crippen LogP contribution < -0.4 is 16.6 Å². The van der Waals surface area contributed by atoms with E-state index in [1.165, 1.54) is 32.1 Å². The number of anilines is 2. The van der Waals surface area contributed by atoms with Crippen LogP contribution in [0.5, 0.6) is 0 Å². The summed E-state index contributed by atoms with van der Waals surface area (Å²) >= 11 is 0. The molecular weight excluding hydrogens is 238 g/mol. The fraction of sp³-hybridized carbons (Fsp3) is 0.714. The molecule has 5 heteroatoms. The molecule has 2 saturated carbocycles. The smallest absolute Gasteiger partial charge is 0.148 e. The van der Waals surface area contributed by atoms with Crippen LogP contribution in [0.15, 0.2) is 0 Å². The van der Waals surface area contributed by atoms with Gasteiger partial charge in [0.05, 0.1) is 0 Å². The molecule has 0 bridgehead atoms. The summed E-state index contributed by atoms with van der Waals surface area (Å²) < 4.78 is 0. The Morgan fingerprint density at radius 1 is 1.16 bits per heavy atom. The van der Waals surface area contributed by atoms with Gasteiger partial charge < -0.3 is 10.7 Å². The number of nitrogens with one attached hydrogen (secondary N) is 2. The van der Waals surface area contributed by atoms with E-state index in [2.05, 4.69) is 22.7 Å². The third-order valence-corrected chi connectivity index (χ3v) is 4.46. The maximum Gasteiger partial charge on any atom is 0.148 e. The van der Waals surface area contributed by atoms with Crippen molar-refractivity contribution >= 4 is 11.6 Å². The molecule has 1 heterocycles. The second-order valence-electron chi connectivity index (χ2n) is 5.95. The monoisotopic (exact) mass is 261 g/mol. The number of hydrazine groups is 1. The molecule has 1 aromatic rings. The molecule has 104 valence electrons. The molecule has 0 spiro atoms. The van der Waals surface area contributed by atoms with Crippen molar-refractivity contribution in [2.75, 3.05) is 10.7 Å². The zero-order valence-corrected chi connectivity index (χ0v) is 11.7. The molecule has 0 amide bonds. The van der Waals surface area contributed by atoms with Crippen LogP contribution in [0, 0.1) is 12.8 Å². The highest BCUT2D eigenvalue weighted by molar-refractivity contribution is 5.57. The largest absolute Gasteiger partial charge is 0.367 e. The van der Waals surface area contributed by atoms with Crippen LogP contribution >= 0.6 is 0 Å². The maximum atomic E-state index is 5.57. The molecule has 1 aromatic heterocycles. The van der Waals surface area contributed by atoms with Gasteiger partial charge in [-0.2, -0.15) is 0 Å². The molecule has 0 aliphatic heterocycles. The molecule has 2 aliphatic carbocycles. The summed E-state index contributed by atoms with van der Waals surface area (Å²) in [5.41, 5.74) is 3.71. The molecule has 0 saturated heterocycles. The van der Waals surface area contributed by atoms with Crippen LogP contribution in [0.3, 0.4) is 0 Å². The lowest BCUT2D eigenvalue weighted by Crippen LogP contribution is -2.31. The third kappa shape index (κ3) is 2.52. The Labute approximate surface area is 114 Å². The average molecular weight is 261 g/mol. The summed E-state index contributed by atoms with van der Waals surface area (Å²) in [6, 6.07) is 0.472. The van der Waals surface area contributed by atoms with Crippen molar-refractivity contribution in [1.82, 2.24) is 9.97 Å². The molecule has 2 aliphatic rings.